The average Bonchev–Trinajstić information content (AvgIpc) is 2.93. The fourth-order valence-electron chi connectivity index (χ4n) is 2.86. The summed E-state index contributed by atoms with van der Waals surface area (Å²) in [5.41, 5.74) is -1.34. The number of rotatable bonds is 4. The van der Waals surface area contributed by atoms with Gasteiger partial charge >= 0.3 is 12.1 Å². The molecule has 1 heterocycles. The van der Waals surface area contributed by atoms with Gasteiger partial charge < -0.3 is 19.7 Å². The third-order valence-electron chi connectivity index (χ3n) is 4.13. The third-order valence-corrected chi connectivity index (χ3v) is 4.13. The molecule has 1 aliphatic heterocycles. The number of nitrogens with one attached hydrogen (secondary N) is 1. The highest BCUT2D eigenvalue weighted by atomic mass is 19.1. The number of halogens is 1. The minimum atomic E-state index is -0.918. The Morgan fingerprint density at radius 1 is 1.19 bits per heavy atom. The molecule has 3 atom stereocenters. The van der Waals surface area contributed by atoms with Crippen LogP contribution in [0.1, 0.15) is 48.0 Å². The monoisotopic (exact) mass is 374 g/mol. The van der Waals surface area contributed by atoms with Crippen molar-refractivity contribution in [2.75, 3.05) is 20.3 Å². The van der Waals surface area contributed by atoms with Crippen molar-refractivity contribution in [2.45, 2.75) is 65.6 Å². The molecule has 0 radical (unpaired) electrons. The molecular formula is C18H31FN2O5. The Hall–Kier alpha value is -1.86. The van der Waals surface area contributed by atoms with Gasteiger partial charge in [0.1, 0.15) is 17.7 Å². The first-order chi connectivity index (χ1) is 11.8. The van der Waals surface area contributed by atoms with Crippen LogP contribution in [0.25, 0.3) is 0 Å². The Balaban J connectivity index is 3.09. The molecule has 0 aromatic carbocycles. The molecule has 1 aliphatic rings. The Kier molecular flexibility index (Phi) is 7.02. The number of ether oxygens (including phenoxy) is 2. The summed E-state index contributed by atoms with van der Waals surface area (Å²) in [4.78, 5) is 38.6. The number of hydrogen-bond acceptors (Lipinski definition) is 5. The van der Waals surface area contributed by atoms with Crippen LogP contribution in [0.3, 0.4) is 0 Å². The highest BCUT2D eigenvalue weighted by molar-refractivity contribution is 5.91. The van der Waals surface area contributed by atoms with Gasteiger partial charge in [0, 0.05) is 12.5 Å². The fourth-order valence-corrected chi connectivity index (χ4v) is 2.86. The SMILES string of the molecule is COC(=O)NC(C(=O)N1C[C@H](CF)C[C@@H]1C(=O)OC(C)(C)C)C(C)(C)C. The van der Waals surface area contributed by atoms with Gasteiger partial charge in [-0.2, -0.15) is 0 Å². The number of esters is 1. The quantitative estimate of drug-likeness (QED) is 0.763. The van der Waals surface area contributed by atoms with Crippen LogP contribution in [0.15, 0.2) is 0 Å². The molecule has 2 amide bonds. The molecule has 150 valence electrons. The van der Waals surface area contributed by atoms with Crippen molar-refractivity contribution in [3.8, 4) is 0 Å². The number of carbonyl (C=O) groups is 3. The van der Waals surface area contributed by atoms with Crippen molar-refractivity contribution in [3.63, 3.8) is 0 Å². The smallest absolute Gasteiger partial charge is 0.407 e. The molecule has 0 aromatic heterocycles. The van der Waals surface area contributed by atoms with Gasteiger partial charge in [0.25, 0.3) is 0 Å². The van der Waals surface area contributed by atoms with Crippen molar-refractivity contribution < 1.29 is 28.2 Å². The first-order valence-corrected chi connectivity index (χ1v) is 8.74. The van der Waals surface area contributed by atoms with Crippen molar-refractivity contribution in [2.24, 2.45) is 11.3 Å². The second-order valence-electron chi connectivity index (χ2n) is 8.73. The Morgan fingerprint density at radius 2 is 1.77 bits per heavy atom. The number of nitrogens with zero attached hydrogens (tertiary/aromatic N) is 1. The molecule has 0 spiro atoms. The number of amides is 2. The van der Waals surface area contributed by atoms with Gasteiger partial charge in [-0.05, 0) is 32.6 Å². The Bertz CT molecular complexity index is 539. The first kappa shape index (κ1) is 22.2. The molecule has 1 rings (SSSR count). The van der Waals surface area contributed by atoms with Crippen LogP contribution in [0.2, 0.25) is 0 Å². The van der Waals surface area contributed by atoms with Gasteiger partial charge in [-0.25, -0.2) is 9.59 Å². The lowest BCUT2D eigenvalue weighted by Crippen LogP contribution is -2.57. The number of hydrogen-bond donors (Lipinski definition) is 1. The van der Waals surface area contributed by atoms with Gasteiger partial charge in [0.15, 0.2) is 0 Å². The number of methoxy groups -OCH3 is 1. The summed E-state index contributed by atoms with van der Waals surface area (Å²) >= 11 is 0. The van der Waals surface area contributed by atoms with Crippen LogP contribution in [0.5, 0.6) is 0 Å². The molecule has 1 saturated heterocycles. The van der Waals surface area contributed by atoms with Crippen molar-refractivity contribution in [1.82, 2.24) is 10.2 Å². The molecular weight excluding hydrogens is 343 g/mol. The maximum Gasteiger partial charge on any atom is 0.407 e. The normalized spacial score (nSPS) is 21.9. The van der Waals surface area contributed by atoms with E-state index in [0.717, 1.165) is 0 Å². The summed E-state index contributed by atoms with van der Waals surface area (Å²) in [6.07, 6.45) is -0.542. The molecule has 8 heteroatoms. The summed E-state index contributed by atoms with van der Waals surface area (Å²) in [5.74, 6) is -1.45. The Labute approximate surface area is 154 Å². The summed E-state index contributed by atoms with van der Waals surface area (Å²) in [6, 6.07) is -1.79. The van der Waals surface area contributed by atoms with E-state index in [4.69, 9.17) is 4.74 Å². The summed E-state index contributed by atoms with van der Waals surface area (Å²) in [6.45, 7) is 10.0. The van der Waals surface area contributed by atoms with Gasteiger partial charge in [-0.15, -0.1) is 0 Å². The van der Waals surface area contributed by atoms with Crippen LogP contribution < -0.4 is 5.32 Å². The molecule has 1 fully saturated rings. The number of alkyl carbamates (subject to hydrolysis) is 1. The molecule has 1 unspecified atom stereocenters. The van der Waals surface area contributed by atoms with E-state index in [1.165, 1.54) is 12.0 Å². The predicted molar refractivity (Wildman–Crippen MR) is 94.2 cm³/mol. The Morgan fingerprint density at radius 3 is 2.19 bits per heavy atom. The molecule has 0 aromatic rings. The van der Waals surface area contributed by atoms with E-state index in [1.54, 1.807) is 41.5 Å². The van der Waals surface area contributed by atoms with Crippen LogP contribution in [-0.4, -0.2) is 60.9 Å². The molecule has 0 aliphatic carbocycles. The van der Waals surface area contributed by atoms with Crippen molar-refractivity contribution in [3.05, 3.63) is 0 Å². The number of likely N-dealkylation sites (tertiary alicyclic amines) is 1. The van der Waals surface area contributed by atoms with E-state index in [-0.39, 0.29) is 13.0 Å². The van der Waals surface area contributed by atoms with Gasteiger partial charge in [-0.3, -0.25) is 9.18 Å². The fraction of sp³-hybridized carbons (Fsp3) is 0.833. The van der Waals surface area contributed by atoms with E-state index in [1.807, 2.05) is 0 Å². The minimum Gasteiger partial charge on any atom is -0.458 e. The second-order valence-corrected chi connectivity index (χ2v) is 8.73. The number of carbonyl (C=O) groups excluding carboxylic acids is 3. The van der Waals surface area contributed by atoms with Crippen LogP contribution in [0.4, 0.5) is 9.18 Å². The van der Waals surface area contributed by atoms with Crippen molar-refractivity contribution >= 4 is 18.0 Å². The minimum absolute atomic E-state index is 0.106. The van der Waals surface area contributed by atoms with Crippen LogP contribution >= 0.6 is 0 Å². The van der Waals surface area contributed by atoms with Gasteiger partial charge in [-0.1, -0.05) is 20.8 Å². The zero-order valence-corrected chi connectivity index (χ0v) is 16.7. The zero-order chi connectivity index (χ0) is 20.3. The molecule has 1 N–H and O–H groups in total. The lowest BCUT2D eigenvalue weighted by atomic mass is 9.85. The third kappa shape index (κ3) is 5.85. The summed E-state index contributed by atoms with van der Waals surface area (Å²) in [7, 11) is 1.21. The second kappa shape index (κ2) is 8.22. The van der Waals surface area contributed by atoms with E-state index in [0.29, 0.717) is 0 Å². The van der Waals surface area contributed by atoms with Crippen molar-refractivity contribution in [1.29, 1.82) is 0 Å². The van der Waals surface area contributed by atoms with E-state index in [2.05, 4.69) is 10.1 Å². The standard InChI is InChI=1S/C18H31FN2O5/c1-17(2,3)13(20-16(24)25-7)14(22)21-10-11(9-19)8-12(21)15(23)26-18(4,5)6/h11-13H,8-10H2,1-7H3,(H,20,24)/t11-,12+,13?/m0/s1. The average molecular weight is 374 g/mol. The summed E-state index contributed by atoms with van der Waals surface area (Å²) < 4.78 is 23.2. The largest absolute Gasteiger partial charge is 0.458 e. The first-order valence-electron chi connectivity index (χ1n) is 8.74. The maximum absolute atomic E-state index is 13.2. The highest BCUT2D eigenvalue weighted by Gasteiger charge is 2.46. The molecule has 26 heavy (non-hydrogen) atoms. The van der Waals surface area contributed by atoms with Gasteiger partial charge in [0.05, 0.1) is 13.8 Å². The van der Waals surface area contributed by atoms with Crippen LogP contribution in [0, 0.1) is 11.3 Å². The van der Waals surface area contributed by atoms with E-state index < -0.39 is 53.7 Å². The predicted octanol–water partition coefficient (Wildman–Crippen LogP) is 2.29. The van der Waals surface area contributed by atoms with E-state index in [9.17, 15) is 18.8 Å². The lowest BCUT2D eigenvalue weighted by Gasteiger charge is -2.35. The maximum atomic E-state index is 13.2. The molecule has 0 bridgehead atoms. The summed E-state index contributed by atoms with van der Waals surface area (Å²) in [5, 5.41) is 2.53. The topological polar surface area (TPSA) is 84.9 Å². The highest BCUT2D eigenvalue weighted by Crippen LogP contribution is 2.30. The lowest BCUT2D eigenvalue weighted by molar-refractivity contribution is -0.164. The van der Waals surface area contributed by atoms with Gasteiger partial charge in [0.2, 0.25) is 5.91 Å². The van der Waals surface area contributed by atoms with E-state index >= 15 is 0 Å². The number of alkyl halides is 1. The molecule has 0 saturated carbocycles. The van der Waals surface area contributed by atoms with Crippen LogP contribution in [-0.2, 0) is 19.1 Å². The zero-order valence-electron chi connectivity index (χ0n) is 16.7. The molecule has 7 nitrogen and oxygen atoms in total.